The summed E-state index contributed by atoms with van der Waals surface area (Å²) >= 11 is -0.357. The van der Waals surface area contributed by atoms with Gasteiger partial charge in [0, 0.05) is 0 Å². The Hall–Kier alpha value is -4.95. The molecule has 6 aromatic carbocycles. The van der Waals surface area contributed by atoms with Gasteiger partial charge in [-0.3, -0.25) is 0 Å². The summed E-state index contributed by atoms with van der Waals surface area (Å²) in [5, 5.41) is 7.81. The summed E-state index contributed by atoms with van der Waals surface area (Å²) in [6.45, 7) is 0. The Morgan fingerprint density at radius 2 is 1.33 bits per heavy atom. The third-order valence-electron chi connectivity index (χ3n) is 10.1. The number of allylic oxidation sites excluding steroid dienone is 4. The molecule has 0 amide bonds. The zero-order valence-electron chi connectivity index (χ0n) is 26.4. The minimum absolute atomic E-state index is 0.357. The van der Waals surface area contributed by atoms with E-state index in [9.17, 15) is 0 Å². The van der Waals surface area contributed by atoms with E-state index < -0.39 is 0 Å². The molecule has 1 unspecified atom stereocenters. The first-order valence-corrected chi connectivity index (χ1v) is 18.9. The molecule has 4 nitrogen and oxygen atoms in total. The first-order valence-electron chi connectivity index (χ1n) is 16.7. The number of nitrogens with two attached hydrogens (primary N) is 1. The number of nitrogens with zero attached hydrogens (tertiary/aromatic N) is 2. The van der Waals surface area contributed by atoms with Crippen LogP contribution in [0.1, 0.15) is 22.5 Å². The number of hydrogen-bond donors (Lipinski definition) is 2. The Kier molecular flexibility index (Phi) is 6.47. The van der Waals surface area contributed by atoms with Gasteiger partial charge in [0.05, 0.1) is 0 Å². The van der Waals surface area contributed by atoms with Crippen molar-refractivity contribution in [2.45, 2.75) is 16.9 Å². The number of rotatable bonds is 5. The molecule has 5 N–H and O–H groups in total. The summed E-state index contributed by atoms with van der Waals surface area (Å²) in [6.07, 6.45) is 9.16. The van der Waals surface area contributed by atoms with Crippen molar-refractivity contribution < 1.29 is 32.5 Å². The maximum atomic E-state index is 4.51. The van der Waals surface area contributed by atoms with E-state index in [0.29, 0.717) is 4.05 Å². The molecule has 8 aromatic rings. The quantitative estimate of drug-likeness (QED) is 0.0937. The van der Waals surface area contributed by atoms with Crippen LogP contribution in [0.25, 0.3) is 71.6 Å². The van der Waals surface area contributed by atoms with Crippen molar-refractivity contribution in [1.29, 1.82) is 0 Å². The Morgan fingerprint density at radius 3 is 2.15 bits per heavy atom. The number of aromatic nitrogens is 2. The third-order valence-corrected chi connectivity index (χ3v) is 13.2. The minimum atomic E-state index is -0.357. The van der Waals surface area contributed by atoms with Crippen molar-refractivity contribution in [3.05, 3.63) is 151 Å². The average Bonchev–Trinajstić information content (AvgIpc) is 3.78. The molecule has 0 radical (unpaired) electrons. The van der Waals surface area contributed by atoms with E-state index in [1.54, 1.807) is 0 Å². The zero-order valence-corrected chi connectivity index (χ0v) is 28.6. The van der Waals surface area contributed by atoms with E-state index in [1.165, 1.54) is 82.8 Å². The van der Waals surface area contributed by atoms with Gasteiger partial charge in [-0.25, -0.2) is 0 Å². The molecule has 232 valence electrons. The predicted molar refractivity (Wildman–Crippen MR) is 195 cm³/mol. The third kappa shape index (κ3) is 4.35. The van der Waals surface area contributed by atoms with Gasteiger partial charge in [0.1, 0.15) is 0 Å². The number of hydrogen-bond acceptors (Lipinski definition) is 0. The Balaban J connectivity index is 1.12. The van der Waals surface area contributed by atoms with Crippen LogP contribution in [0.2, 0.25) is 0 Å². The fraction of sp³-hybridized carbons (Fsp3) is 0.0698. The number of benzene rings is 6. The van der Waals surface area contributed by atoms with Gasteiger partial charge in [-0.1, -0.05) is 0 Å². The van der Waals surface area contributed by atoms with Crippen molar-refractivity contribution in [3.63, 3.8) is 0 Å². The standard InChI is InChI=1S/C43H32IN4/c45-37-25-28(27-11-3-1-4-12-27)20-22-38(37)46-43-36-24-30(23-35-33-16-8-10-18-40(33)48(44-43)42(35)36)29-19-21-34-32-15-7-9-17-39(32)47(41(34)26-29)31-13-5-2-6-14-31/h1,3-5,7-26,43,46H,2,6,45H2/q-1/p+2. The van der Waals surface area contributed by atoms with Crippen LogP contribution in [-0.2, 0) is 0 Å². The van der Waals surface area contributed by atoms with Crippen molar-refractivity contribution in [3.8, 4) is 22.3 Å². The summed E-state index contributed by atoms with van der Waals surface area (Å²) in [5.41, 5.74) is 19.8. The number of halogens is 1. The summed E-state index contributed by atoms with van der Waals surface area (Å²) in [4.78, 5) is 0. The van der Waals surface area contributed by atoms with Crippen molar-refractivity contribution in [1.82, 2.24) is 7.35 Å². The first-order chi connectivity index (χ1) is 23.7. The van der Waals surface area contributed by atoms with E-state index in [1.807, 2.05) is 0 Å². The number of fused-ring (bicyclic) bond motifs is 6. The second-order valence-electron chi connectivity index (χ2n) is 12.9. The van der Waals surface area contributed by atoms with Crippen LogP contribution in [0.4, 0.5) is 11.4 Å². The van der Waals surface area contributed by atoms with Gasteiger partial charge in [0.2, 0.25) is 0 Å². The average molecular weight is 734 g/mol. The molecule has 0 saturated carbocycles. The van der Waals surface area contributed by atoms with Crippen molar-refractivity contribution in [2.24, 2.45) is 0 Å². The molecule has 1 aliphatic heterocycles. The maximum absolute atomic E-state index is 4.51. The van der Waals surface area contributed by atoms with E-state index >= 15 is 0 Å². The molecule has 0 fully saturated rings. The van der Waals surface area contributed by atoms with Crippen LogP contribution < -0.4 is 32.5 Å². The van der Waals surface area contributed by atoms with Gasteiger partial charge >= 0.3 is 291 Å². The molecule has 1 aliphatic carbocycles. The topological polar surface area (TPSA) is 54.1 Å². The van der Waals surface area contributed by atoms with Crippen LogP contribution in [0.15, 0.2) is 146 Å². The van der Waals surface area contributed by atoms with Crippen LogP contribution in [0, 0.1) is 0 Å². The molecule has 10 rings (SSSR count). The summed E-state index contributed by atoms with van der Waals surface area (Å²) < 4.78 is 5.47. The number of para-hydroxylation sites is 2. The number of quaternary nitrogens is 2. The zero-order chi connectivity index (χ0) is 31.8. The monoisotopic (exact) mass is 733 g/mol. The molecule has 0 spiro atoms. The summed E-state index contributed by atoms with van der Waals surface area (Å²) in [6, 6.07) is 47.2. The molecule has 2 aromatic heterocycles. The molecule has 0 bridgehead atoms. The second kappa shape index (κ2) is 11.1. The molecular weight excluding hydrogens is 699 g/mol. The van der Waals surface area contributed by atoms with Gasteiger partial charge in [-0.15, -0.1) is 0 Å². The predicted octanol–water partition coefficient (Wildman–Crippen LogP) is 6.06. The van der Waals surface area contributed by atoms with Crippen molar-refractivity contribution in [2.75, 3.05) is 0 Å². The molecule has 1 atom stereocenters. The van der Waals surface area contributed by atoms with Crippen LogP contribution >= 0.6 is 0 Å². The molecule has 2 aliphatic rings. The Morgan fingerprint density at radius 1 is 0.604 bits per heavy atom. The normalized spacial score (nSPS) is 15.9. The van der Waals surface area contributed by atoms with Gasteiger partial charge in [-0.05, 0) is 0 Å². The summed E-state index contributed by atoms with van der Waals surface area (Å²) in [7, 11) is 0. The van der Waals surface area contributed by atoms with Gasteiger partial charge in [0.15, 0.2) is 0 Å². The fourth-order valence-corrected chi connectivity index (χ4v) is 11.2. The molecule has 0 saturated heterocycles. The van der Waals surface area contributed by atoms with Crippen LogP contribution in [-0.4, -0.2) is 7.35 Å². The molecule has 3 heterocycles. The molecule has 5 heteroatoms. The SMILES string of the molecule is [NH3+]c1cc(-c2ccccc2)ccc1[NH2+]C1[I-]n2c3ccccc3c3cc(-c4ccc5c6ccccc6n(C6=CCCC=C6)c5c4)cc1c32. The molecule has 48 heavy (non-hydrogen) atoms. The first kappa shape index (κ1) is 28.1. The fourth-order valence-electron chi connectivity index (χ4n) is 7.76. The van der Waals surface area contributed by atoms with Crippen LogP contribution in [0.5, 0.6) is 0 Å². The van der Waals surface area contributed by atoms with E-state index in [4.69, 9.17) is 0 Å². The summed E-state index contributed by atoms with van der Waals surface area (Å²) in [5.74, 6) is 0. The number of alkyl halides is 1. The van der Waals surface area contributed by atoms with E-state index in [2.05, 4.69) is 164 Å². The van der Waals surface area contributed by atoms with Crippen molar-refractivity contribution >= 4 is 60.7 Å². The van der Waals surface area contributed by atoms with E-state index in [0.717, 1.165) is 18.5 Å². The molecular formula is C43H34IN4+. The van der Waals surface area contributed by atoms with Gasteiger partial charge in [-0.2, -0.15) is 0 Å². The van der Waals surface area contributed by atoms with Crippen LogP contribution in [0.3, 0.4) is 0 Å². The van der Waals surface area contributed by atoms with Gasteiger partial charge < -0.3 is 0 Å². The Labute approximate surface area is 289 Å². The second-order valence-corrected chi connectivity index (χ2v) is 15.8. The van der Waals surface area contributed by atoms with Gasteiger partial charge in [0.25, 0.3) is 0 Å². The Bertz CT molecular complexity index is 2640. The van der Waals surface area contributed by atoms with E-state index in [-0.39, 0.29) is 21.5 Å².